The number of furan rings is 1. The van der Waals surface area contributed by atoms with Gasteiger partial charge in [-0.15, -0.1) is 0 Å². The average molecular weight is 418 g/mol. The first-order valence-corrected chi connectivity index (χ1v) is 10.8. The summed E-state index contributed by atoms with van der Waals surface area (Å²) in [7, 11) is 0. The van der Waals surface area contributed by atoms with Crippen LogP contribution in [0.2, 0.25) is 0 Å². The van der Waals surface area contributed by atoms with Gasteiger partial charge in [0.1, 0.15) is 16.9 Å². The summed E-state index contributed by atoms with van der Waals surface area (Å²) in [5, 5.41) is 1.01. The monoisotopic (exact) mass is 417 g/mol. The highest BCUT2D eigenvalue weighted by Gasteiger charge is 2.38. The molecular formula is C26H31N3O2. The molecule has 0 unspecified atom stereocenters. The molecule has 3 heterocycles. The zero-order valence-electron chi connectivity index (χ0n) is 19.5. The predicted molar refractivity (Wildman–Crippen MR) is 126 cm³/mol. The van der Waals surface area contributed by atoms with Gasteiger partial charge in [-0.1, -0.05) is 45.0 Å². The van der Waals surface area contributed by atoms with E-state index in [1.165, 1.54) is 0 Å². The second-order valence-corrected chi connectivity index (χ2v) is 10.2. The molecule has 0 aliphatic rings. The molecule has 162 valence electrons. The zero-order chi connectivity index (χ0) is 22.6. The number of nitrogens with zero attached hydrogens (tertiary/aromatic N) is 3. The second kappa shape index (κ2) is 7.26. The molecule has 0 fully saturated rings. The largest absolute Gasteiger partial charge is 0.454 e. The molecule has 0 saturated carbocycles. The molecule has 4 rings (SSSR count). The number of imidazole rings is 1. The molecular weight excluding hydrogens is 386 g/mol. The van der Waals surface area contributed by atoms with Crippen LogP contribution in [0.15, 0.2) is 53.1 Å². The number of anilines is 1. The van der Waals surface area contributed by atoms with Crippen LogP contribution in [0, 0.1) is 12.3 Å². The maximum absolute atomic E-state index is 13.1. The number of hydrogen-bond acceptors (Lipinski definition) is 3. The van der Waals surface area contributed by atoms with Crippen molar-refractivity contribution in [3.63, 3.8) is 0 Å². The van der Waals surface area contributed by atoms with E-state index in [-0.39, 0.29) is 11.3 Å². The van der Waals surface area contributed by atoms with Crippen molar-refractivity contribution in [3.8, 4) is 11.5 Å². The van der Waals surface area contributed by atoms with E-state index in [1.54, 1.807) is 6.92 Å². The molecule has 5 heteroatoms. The van der Waals surface area contributed by atoms with E-state index in [9.17, 15) is 4.79 Å². The van der Waals surface area contributed by atoms with Gasteiger partial charge in [0.05, 0.1) is 0 Å². The van der Waals surface area contributed by atoms with Crippen LogP contribution in [0.4, 0.5) is 5.82 Å². The van der Waals surface area contributed by atoms with Gasteiger partial charge < -0.3 is 4.42 Å². The zero-order valence-corrected chi connectivity index (χ0v) is 19.5. The first-order valence-electron chi connectivity index (χ1n) is 10.8. The van der Waals surface area contributed by atoms with Crippen LogP contribution in [0.3, 0.4) is 0 Å². The van der Waals surface area contributed by atoms with Gasteiger partial charge in [-0.05, 0) is 56.4 Å². The van der Waals surface area contributed by atoms with E-state index in [4.69, 9.17) is 9.40 Å². The lowest BCUT2D eigenvalue weighted by molar-refractivity contribution is -0.117. The lowest BCUT2D eigenvalue weighted by Gasteiger charge is -2.41. The molecule has 0 atom stereocenters. The summed E-state index contributed by atoms with van der Waals surface area (Å²) in [5.74, 6) is 1.39. The summed E-state index contributed by atoms with van der Waals surface area (Å²) < 4.78 is 8.21. The first kappa shape index (κ1) is 21.2. The van der Waals surface area contributed by atoms with Gasteiger partial charge in [-0.3, -0.25) is 14.1 Å². The summed E-state index contributed by atoms with van der Waals surface area (Å²) in [5.41, 5.74) is 2.98. The van der Waals surface area contributed by atoms with Crippen molar-refractivity contribution < 1.29 is 9.21 Å². The minimum atomic E-state index is -0.426. The Balaban J connectivity index is 2.02. The van der Waals surface area contributed by atoms with Crippen molar-refractivity contribution in [2.45, 2.75) is 60.4 Å². The molecule has 0 saturated heterocycles. The van der Waals surface area contributed by atoms with Crippen LogP contribution >= 0.6 is 0 Å². The van der Waals surface area contributed by atoms with E-state index in [1.807, 2.05) is 64.9 Å². The number of rotatable bonds is 4. The molecule has 0 radical (unpaired) electrons. The van der Waals surface area contributed by atoms with Crippen LogP contribution < -0.4 is 4.90 Å². The number of fused-ring (bicyclic) bond motifs is 2. The van der Waals surface area contributed by atoms with Gasteiger partial charge in [0.2, 0.25) is 5.91 Å². The number of carbonyl (C=O) groups is 1. The fraction of sp³-hybridized carbons (Fsp3) is 0.385. The smallest absolute Gasteiger partial charge is 0.225 e. The molecule has 3 aromatic heterocycles. The highest BCUT2D eigenvalue weighted by molar-refractivity contribution is 5.97. The summed E-state index contributed by atoms with van der Waals surface area (Å²) >= 11 is 0. The van der Waals surface area contributed by atoms with E-state index >= 15 is 0 Å². The van der Waals surface area contributed by atoms with Crippen molar-refractivity contribution in [1.82, 2.24) is 9.38 Å². The number of aromatic nitrogens is 2. The number of benzene rings is 1. The predicted octanol–water partition coefficient (Wildman–Crippen LogP) is 6.62. The third kappa shape index (κ3) is 3.85. The highest BCUT2D eigenvalue weighted by Crippen LogP contribution is 2.41. The van der Waals surface area contributed by atoms with Crippen molar-refractivity contribution in [3.05, 3.63) is 54.2 Å². The molecule has 31 heavy (non-hydrogen) atoms. The highest BCUT2D eigenvalue weighted by atomic mass is 16.3. The average Bonchev–Trinajstić information content (AvgIpc) is 3.22. The van der Waals surface area contributed by atoms with Gasteiger partial charge in [-0.2, -0.15) is 0 Å². The van der Waals surface area contributed by atoms with Crippen molar-refractivity contribution in [1.29, 1.82) is 0 Å². The normalized spacial score (nSPS) is 12.6. The Kier molecular flexibility index (Phi) is 4.95. The molecule has 0 spiro atoms. The summed E-state index contributed by atoms with van der Waals surface area (Å²) in [6.07, 6.45) is 2.80. The SMILES string of the molecule is CC(=O)N(c1c(-c2cc3ccccc3o2)nc2c(C)cccn12)C(C)(C)CC(C)(C)C. The van der Waals surface area contributed by atoms with Crippen LogP contribution in [0.25, 0.3) is 28.1 Å². The Morgan fingerprint density at radius 2 is 1.81 bits per heavy atom. The number of hydrogen-bond donors (Lipinski definition) is 0. The van der Waals surface area contributed by atoms with Crippen LogP contribution in [-0.2, 0) is 4.79 Å². The molecule has 1 amide bonds. The summed E-state index contributed by atoms with van der Waals surface area (Å²) in [4.78, 5) is 20.0. The number of aryl methyl sites for hydroxylation is 1. The van der Waals surface area contributed by atoms with Crippen LogP contribution in [-0.4, -0.2) is 20.8 Å². The second-order valence-electron chi connectivity index (χ2n) is 10.2. The minimum absolute atomic E-state index is 0.0186. The van der Waals surface area contributed by atoms with Crippen molar-refractivity contribution >= 4 is 28.3 Å². The Labute approximate surface area is 183 Å². The number of para-hydroxylation sites is 1. The summed E-state index contributed by atoms with van der Waals surface area (Å²) in [6, 6.07) is 14.0. The fourth-order valence-corrected chi connectivity index (χ4v) is 4.91. The first-order chi connectivity index (χ1) is 14.5. The Morgan fingerprint density at radius 3 is 2.45 bits per heavy atom. The lowest BCUT2D eigenvalue weighted by atomic mass is 9.80. The van der Waals surface area contributed by atoms with E-state index in [2.05, 4.69) is 34.6 Å². The van der Waals surface area contributed by atoms with Crippen LogP contribution in [0.5, 0.6) is 0 Å². The lowest BCUT2D eigenvalue weighted by Crippen LogP contribution is -2.50. The quantitative estimate of drug-likeness (QED) is 0.375. The van der Waals surface area contributed by atoms with Crippen molar-refractivity contribution in [2.75, 3.05) is 4.90 Å². The third-order valence-electron chi connectivity index (χ3n) is 5.57. The summed E-state index contributed by atoms with van der Waals surface area (Å²) in [6.45, 7) is 14.5. The van der Waals surface area contributed by atoms with Gasteiger partial charge >= 0.3 is 0 Å². The number of amides is 1. The van der Waals surface area contributed by atoms with Gasteiger partial charge in [-0.25, -0.2) is 4.98 Å². The van der Waals surface area contributed by atoms with Gasteiger partial charge in [0.15, 0.2) is 11.6 Å². The molecule has 1 aromatic carbocycles. The topological polar surface area (TPSA) is 50.8 Å². The van der Waals surface area contributed by atoms with Gasteiger partial charge in [0.25, 0.3) is 0 Å². The molecule has 0 bridgehead atoms. The molecule has 4 aromatic rings. The van der Waals surface area contributed by atoms with Gasteiger partial charge in [0, 0.05) is 24.0 Å². The molecule has 0 aliphatic heterocycles. The van der Waals surface area contributed by atoms with E-state index in [0.717, 1.165) is 34.4 Å². The molecule has 5 nitrogen and oxygen atoms in total. The fourth-order valence-electron chi connectivity index (χ4n) is 4.91. The Bertz CT molecular complexity index is 1240. The maximum Gasteiger partial charge on any atom is 0.225 e. The molecule has 0 aliphatic carbocycles. The Morgan fingerprint density at radius 1 is 1.10 bits per heavy atom. The van der Waals surface area contributed by atoms with Crippen LogP contribution in [0.1, 0.15) is 53.5 Å². The van der Waals surface area contributed by atoms with E-state index in [0.29, 0.717) is 11.5 Å². The third-order valence-corrected chi connectivity index (χ3v) is 5.57. The van der Waals surface area contributed by atoms with Crippen molar-refractivity contribution in [2.24, 2.45) is 5.41 Å². The standard InChI is InChI=1S/C26H31N3O2/c1-17-11-10-14-28-23(17)27-22(21-15-19-12-8-9-13-20(19)31-21)24(28)29(18(2)30)26(6,7)16-25(3,4)5/h8-15H,16H2,1-7H3. The molecule has 0 N–H and O–H groups in total. The minimum Gasteiger partial charge on any atom is -0.454 e. The maximum atomic E-state index is 13.1. The number of pyridine rings is 1. The Hall–Kier alpha value is -3.08. The van der Waals surface area contributed by atoms with E-state index < -0.39 is 5.54 Å². The number of carbonyl (C=O) groups excluding carboxylic acids is 1.